The summed E-state index contributed by atoms with van der Waals surface area (Å²) in [4.78, 5) is 8.97. The summed E-state index contributed by atoms with van der Waals surface area (Å²) in [7, 11) is 0. The minimum absolute atomic E-state index is 0.0538. The Morgan fingerprint density at radius 2 is 2.00 bits per heavy atom. The van der Waals surface area contributed by atoms with E-state index in [0.717, 1.165) is 11.8 Å². The van der Waals surface area contributed by atoms with Crippen LogP contribution >= 0.6 is 0 Å². The van der Waals surface area contributed by atoms with Gasteiger partial charge in [0.05, 0.1) is 23.7 Å². The molecule has 0 amide bonds. The van der Waals surface area contributed by atoms with Gasteiger partial charge in [-0.3, -0.25) is 5.10 Å². The van der Waals surface area contributed by atoms with Crippen molar-refractivity contribution >= 4 is 28.6 Å². The minimum atomic E-state index is -1.01. The number of aryl methyl sites for hydroxylation is 1. The lowest BCUT2D eigenvalue weighted by atomic mass is 10.1. The summed E-state index contributed by atoms with van der Waals surface area (Å²) in [6.45, 7) is 5.48. The number of nitrogens with zero attached hydrogens (tertiary/aromatic N) is 5. The highest BCUT2D eigenvalue weighted by Gasteiger charge is 2.19. The Kier molecular flexibility index (Phi) is 5.27. The van der Waals surface area contributed by atoms with Gasteiger partial charge in [-0.2, -0.15) is 20.2 Å². The molecule has 4 aromatic rings. The molecule has 9 nitrogen and oxygen atoms in total. The van der Waals surface area contributed by atoms with E-state index >= 15 is 0 Å². The van der Waals surface area contributed by atoms with Crippen LogP contribution in [0.5, 0.6) is 0 Å². The number of fused-ring (bicyclic) bond motifs is 1. The minimum Gasteiger partial charge on any atom is -0.389 e. The van der Waals surface area contributed by atoms with E-state index in [0.29, 0.717) is 22.7 Å². The van der Waals surface area contributed by atoms with Crippen molar-refractivity contribution in [1.29, 1.82) is 0 Å². The molecule has 0 aliphatic carbocycles. The van der Waals surface area contributed by atoms with E-state index in [2.05, 4.69) is 35.9 Å². The first-order valence-electron chi connectivity index (χ1n) is 9.61. The summed E-state index contributed by atoms with van der Waals surface area (Å²) < 4.78 is 28.7. The predicted molar refractivity (Wildman–Crippen MR) is 112 cm³/mol. The number of aromatic amines is 1. The van der Waals surface area contributed by atoms with Crippen LogP contribution in [0.1, 0.15) is 25.1 Å². The van der Waals surface area contributed by atoms with Crippen LogP contribution in [-0.2, 0) is 13.1 Å². The molecular formula is C20H22F2N8O. The third-order valence-corrected chi connectivity index (χ3v) is 4.44. The number of H-pyrrole nitrogens is 1. The molecule has 11 heteroatoms. The smallest absolute Gasteiger partial charge is 0.227 e. The number of nitrogens with one attached hydrogen (secondary N) is 3. The van der Waals surface area contributed by atoms with E-state index in [1.165, 1.54) is 12.1 Å². The molecule has 0 fully saturated rings. The molecular weight excluding hydrogens is 406 g/mol. The van der Waals surface area contributed by atoms with E-state index in [1.54, 1.807) is 24.7 Å². The molecule has 0 radical (unpaired) electrons. The lowest BCUT2D eigenvalue weighted by Crippen LogP contribution is -2.26. The maximum absolute atomic E-state index is 14.0. The van der Waals surface area contributed by atoms with E-state index in [1.807, 2.05) is 13.0 Å². The number of aliphatic hydroxyl groups is 1. The van der Waals surface area contributed by atoms with E-state index in [9.17, 15) is 13.9 Å². The van der Waals surface area contributed by atoms with Crippen molar-refractivity contribution in [3.8, 4) is 0 Å². The number of rotatable bonds is 7. The molecule has 4 rings (SSSR count). The Labute approximate surface area is 176 Å². The fourth-order valence-electron chi connectivity index (χ4n) is 3.05. The Morgan fingerprint density at radius 1 is 1.19 bits per heavy atom. The fraction of sp³-hybridized carbons (Fsp3) is 0.300. The third kappa shape index (κ3) is 4.77. The molecule has 0 saturated carbocycles. The van der Waals surface area contributed by atoms with Crippen LogP contribution in [0.3, 0.4) is 0 Å². The van der Waals surface area contributed by atoms with Gasteiger partial charge in [0.1, 0.15) is 17.5 Å². The lowest BCUT2D eigenvalue weighted by Gasteiger charge is -2.17. The number of hydrogen-bond donors (Lipinski definition) is 4. The average Bonchev–Trinajstić information content (AvgIpc) is 3.26. The van der Waals surface area contributed by atoms with Gasteiger partial charge in [0.15, 0.2) is 11.5 Å². The van der Waals surface area contributed by atoms with Gasteiger partial charge in [-0.25, -0.2) is 13.5 Å². The van der Waals surface area contributed by atoms with Crippen LogP contribution in [0, 0.1) is 18.6 Å². The maximum Gasteiger partial charge on any atom is 0.227 e. The summed E-state index contributed by atoms with van der Waals surface area (Å²) in [6.07, 6.45) is 1.60. The molecule has 3 heterocycles. The van der Waals surface area contributed by atoms with Crippen LogP contribution in [-0.4, -0.2) is 40.7 Å². The molecule has 31 heavy (non-hydrogen) atoms. The Bertz CT molecular complexity index is 1230. The summed E-state index contributed by atoms with van der Waals surface area (Å²) in [6, 6.07) is 5.19. The fourth-order valence-corrected chi connectivity index (χ4v) is 3.05. The molecule has 0 bridgehead atoms. The van der Waals surface area contributed by atoms with Crippen LogP contribution in [0.25, 0.3) is 11.0 Å². The molecule has 1 aromatic carbocycles. The first kappa shape index (κ1) is 20.7. The summed E-state index contributed by atoms with van der Waals surface area (Å²) in [5.74, 6) is -0.0893. The summed E-state index contributed by atoms with van der Waals surface area (Å²) >= 11 is 0. The first-order chi connectivity index (χ1) is 14.7. The highest BCUT2D eigenvalue weighted by atomic mass is 19.1. The van der Waals surface area contributed by atoms with Crippen LogP contribution < -0.4 is 10.6 Å². The number of aromatic nitrogens is 6. The quantitative estimate of drug-likeness (QED) is 0.357. The molecule has 0 aliphatic heterocycles. The number of hydrogen-bond acceptors (Lipinski definition) is 7. The van der Waals surface area contributed by atoms with Gasteiger partial charge in [-0.1, -0.05) is 6.07 Å². The van der Waals surface area contributed by atoms with Crippen LogP contribution in [0.2, 0.25) is 0 Å². The zero-order chi connectivity index (χ0) is 22.2. The molecule has 162 valence electrons. The Hall–Kier alpha value is -3.60. The molecule has 3 aromatic heterocycles. The molecule has 0 aliphatic rings. The maximum atomic E-state index is 14.0. The molecule has 0 saturated heterocycles. The lowest BCUT2D eigenvalue weighted by molar-refractivity contribution is 0.0589. The summed E-state index contributed by atoms with van der Waals surface area (Å²) in [5.41, 5.74) is 0.610. The van der Waals surface area contributed by atoms with Crippen molar-refractivity contribution in [2.45, 2.75) is 39.5 Å². The largest absolute Gasteiger partial charge is 0.389 e. The van der Waals surface area contributed by atoms with E-state index in [-0.39, 0.29) is 24.6 Å². The Morgan fingerprint density at radius 3 is 2.68 bits per heavy atom. The zero-order valence-corrected chi connectivity index (χ0v) is 17.2. The van der Waals surface area contributed by atoms with Crippen LogP contribution in [0.4, 0.5) is 26.4 Å². The highest BCUT2D eigenvalue weighted by molar-refractivity contribution is 5.89. The van der Waals surface area contributed by atoms with Gasteiger partial charge >= 0.3 is 0 Å². The SMILES string of the molecule is Cc1cc(Nc2nc(NCc3ccc(F)cc3F)nc3c2cnn3CC(C)(C)O)n[nH]1. The standard InChI is InChI=1S/C20H22F2N8O/c1-11-6-16(29-28-11)25-17-14-9-24-30(10-20(2,3)31)18(14)27-19(26-17)23-8-12-4-5-13(21)7-15(12)22/h4-7,9,31H,8,10H2,1-3H3,(H3,23,25,26,27,28,29). The molecule has 4 N–H and O–H groups in total. The second-order valence-electron chi connectivity index (χ2n) is 7.90. The average molecular weight is 428 g/mol. The van der Waals surface area contributed by atoms with E-state index in [4.69, 9.17) is 0 Å². The predicted octanol–water partition coefficient (Wildman–Crippen LogP) is 3.26. The monoisotopic (exact) mass is 428 g/mol. The van der Waals surface area contributed by atoms with Gasteiger partial charge in [0, 0.05) is 29.9 Å². The molecule has 0 spiro atoms. The topological polar surface area (TPSA) is 117 Å². The van der Waals surface area contributed by atoms with Crippen molar-refractivity contribution < 1.29 is 13.9 Å². The molecule has 0 unspecified atom stereocenters. The van der Waals surface area contributed by atoms with E-state index < -0.39 is 17.2 Å². The van der Waals surface area contributed by atoms with Crippen molar-refractivity contribution in [3.63, 3.8) is 0 Å². The van der Waals surface area contributed by atoms with Crippen molar-refractivity contribution in [2.24, 2.45) is 0 Å². The van der Waals surface area contributed by atoms with Crippen molar-refractivity contribution in [3.05, 3.63) is 53.4 Å². The van der Waals surface area contributed by atoms with Crippen LogP contribution in [0.15, 0.2) is 30.5 Å². The second-order valence-corrected chi connectivity index (χ2v) is 7.90. The van der Waals surface area contributed by atoms with Gasteiger partial charge in [0.25, 0.3) is 0 Å². The summed E-state index contributed by atoms with van der Waals surface area (Å²) in [5, 5.41) is 28.3. The highest BCUT2D eigenvalue weighted by Crippen LogP contribution is 2.26. The normalized spacial score (nSPS) is 11.8. The second kappa shape index (κ2) is 7.91. The number of benzene rings is 1. The third-order valence-electron chi connectivity index (χ3n) is 4.44. The zero-order valence-electron chi connectivity index (χ0n) is 17.2. The van der Waals surface area contributed by atoms with Gasteiger partial charge in [-0.05, 0) is 26.8 Å². The first-order valence-corrected chi connectivity index (χ1v) is 9.61. The number of halogens is 2. The van der Waals surface area contributed by atoms with Gasteiger partial charge in [0.2, 0.25) is 5.95 Å². The van der Waals surface area contributed by atoms with Gasteiger partial charge in [-0.15, -0.1) is 0 Å². The van der Waals surface area contributed by atoms with Crippen molar-refractivity contribution in [1.82, 2.24) is 29.9 Å². The molecule has 0 atom stereocenters. The number of anilines is 3. The van der Waals surface area contributed by atoms with Gasteiger partial charge < -0.3 is 15.7 Å². The van der Waals surface area contributed by atoms with Crippen molar-refractivity contribution in [2.75, 3.05) is 10.6 Å². The Balaban J connectivity index is 1.70.